The molecule has 0 aliphatic heterocycles. The van der Waals surface area contributed by atoms with E-state index in [0.717, 1.165) is 19.4 Å². The molecular formula is C13H23N3O3S. The number of nitrogens with zero attached hydrogens (tertiary/aromatic N) is 2. The third kappa shape index (κ3) is 4.73. The first-order valence-electron chi connectivity index (χ1n) is 6.79. The van der Waals surface area contributed by atoms with E-state index in [2.05, 4.69) is 10.3 Å². The number of unbranched alkanes of at least 4 members (excludes halogenated alkanes) is 2. The Morgan fingerprint density at radius 1 is 1.30 bits per heavy atom. The molecule has 0 bridgehead atoms. The van der Waals surface area contributed by atoms with Crippen LogP contribution in [-0.4, -0.2) is 49.6 Å². The van der Waals surface area contributed by atoms with Crippen molar-refractivity contribution in [2.45, 2.75) is 31.1 Å². The fourth-order valence-electron chi connectivity index (χ4n) is 1.74. The molecule has 0 radical (unpaired) electrons. The largest absolute Gasteiger partial charge is 0.396 e. The van der Waals surface area contributed by atoms with Gasteiger partial charge in [0.25, 0.3) is 0 Å². The molecule has 1 heterocycles. The SMILES string of the molecule is CCNc1ccc(S(=O)(=O)N(C)CCCCCO)cn1. The summed E-state index contributed by atoms with van der Waals surface area (Å²) in [5.41, 5.74) is 0. The van der Waals surface area contributed by atoms with Crippen molar-refractivity contribution < 1.29 is 13.5 Å². The molecule has 20 heavy (non-hydrogen) atoms. The first-order chi connectivity index (χ1) is 9.52. The molecule has 1 rings (SSSR count). The molecule has 0 atom stereocenters. The summed E-state index contributed by atoms with van der Waals surface area (Å²) in [4.78, 5) is 4.27. The van der Waals surface area contributed by atoms with Crippen LogP contribution in [0.3, 0.4) is 0 Å². The molecule has 0 aliphatic carbocycles. The van der Waals surface area contributed by atoms with Crippen LogP contribution >= 0.6 is 0 Å². The van der Waals surface area contributed by atoms with Gasteiger partial charge in [-0.3, -0.25) is 0 Å². The van der Waals surface area contributed by atoms with E-state index in [1.807, 2.05) is 6.92 Å². The molecular weight excluding hydrogens is 278 g/mol. The Morgan fingerprint density at radius 2 is 2.05 bits per heavy atom. The van der Waals surface area contributed by atoms with Crippen LogP contribution in [0.25, 0.3) is 0 Å². The Hall–Kier alpha value is -1.18. The first kappa shape index (κ1) is 16.9. The molecule has 114 valence electrons. The van der Waals surface area contributed by atoms with Gasteiger partial charge in [-0.15, -0.1) is 0 Å². The van der Waals surface area contributed by atoms with E-state index >= 15 is 0 Å². The van der Waals surface area contributed by atoms with E-state index < -0.39 is 10.0 Å². The smallest absolute Gasteiger partial charge is 0.244 e. The summed E-state index contributed by atoms with van der Waals surface area (Å²) in [6.07, 6.45) is 3.62. The molecule has 0 spiro atoms. The van der Waals surface area contributed by atoms with Gasteiger partial charge in [0.1, 0.15) is 10.7 Å². The lowest BCUT2D eigenvalue weighted by Crippen LogP contribution is -2.28. The highest BCUT2D eigenvalue weighted by molar-refractivity contribution is 7.89. The summed E-state index contributed by atoms with van der Waals surface area (Å²) in [5.74, 6) is 0.664. The predicted molar refractivity (Wildman–Crippen MR) is 79.2 cm³/mol. The zero-order valence-corrected chi connectivity index (χ0v) is 12.9. The van der Waals surface area contributed by atoms with Gasteiger partial charge in [-0.1, -0.05) is 0 Å². The second kappa shape index (κ2) is 8.18. The lowest BCUT2D eigenvalue weighted by Gasteiger charge is -2.17. The van der Waals surface area contributed by atoms with Crippen LogP contribution in [0.4, 0.5) is 5.82 Å². The van der Waals surface area contributed by atoms with Gasteiger partial charge in [0.15, 0.2) is 0 Å². The lowest BCUT2D eigenvalue weighted by molar-refractivity contribution is 0.281. The molecule has 6 nitrogen and oxygen atoms in total. The third-order valence-corrected chi connectivity index (χ3v) is 4.77. The number of hydrogen-bond acceptors (Lipinski definition) is 5. The number of sulfonamides is 1. The van der Waals surface area contributed by atoms with Crippen molar-refractivity contribution >= 4 is 15.8 Å². The maximum Gasteiger partial charge on any atom is 0.244 e. The van der Waals surface area contributed by atoms with Crippen LogP contribution in [0.5, 0.6) is 0 Å². The minimum absolute atomic E-state index is 0.145. The molecule has 0 amide bonds. The Morgan fingerprint density at radius 3 is 2.60 bits per heavy atom. The van der Waals surface area contributed by atoms with Crippen LogP contribution in [0.1, 0.15) is 26.2 Å². The van der Waals surface area contributed by atoms with E-state index in [-0.39, 0.29) is 11.5 Å². The molecule has 0 aromatic carbocycles. The molecule has 0 aliphatic rings. The van der Waals surface area contributed by atoms with Gasteiger partial charge in [-0.25, -0.2) is 17.7 Å². The molecule has 0 saturated carbocycles. The van der Waals surface area contributed by atoms with Crippen LogP contribution in [0.15, 0.2) is 23.2 Å². The number of aromatic nitrogens is 1. The molecule has 2 N–H and O–H groups in total. The summed E-state index contributed by atoms with van der Waals surface area (Å²) < 4.78 is 25.9. The van der Waals surface area contributed by atoms with Crippen molar-refractivity contribution in [1.82, 2.24) is 9.29 Å². The summed E-state index contributed by atoms with van der Waals surface area (Å²) >= 11 is 0. The Labute approximate surface area is 120 Å². The van der Waals surface area contributed by atoms with Gasteiger partial charge in [0, 0.05) is 32.9 Å². The average molecular weight is 301 g/mol. The molecule has 7 heteroatoms. The average Bonchev–Trinajstić information content (AvgIpc) is 2.44. The van der Waals surface area contributed by atoms with Gasteiger partial charge in [-0.2, -0.15) is 0 Å². The van der Waals surface area contributed by atoms with Crippen molar-refractivity contribution in [3.8, 4) is 0 Å². The number of aliphatic hydroxyl groups excluding tert-OH is 1. The summed E-state index contributed by atoms with van der Waals surface area (Å²) in [6.45, 7) is 3.28. The molecule has 1 aromatic heterocycles. The van der Waals surface area contributed by atoms with Gasteiger partial charge in [0.05, 0.1) is 0 Å². The van der Waals surface area contributed by atoms with Crippen molar-refractivity contribution in [3.05, 3.63) is 18.3 Å². The summed E-state index contributed by atoms with van der Waals surface area (Å²) in [5, 5.41) is 11.7. The second-order valence-corrected chi connectivity index (χ2v) is 6.57. The maximum atomic E-state index is 12.3. The highest BCUT2D eigenvalue weighted by Gasteiger charge is 2.20. The monoisotopic (exact) mass is 301 g/mol. The highest BCUT2D eigenvalue weighted by Crippen LogP contribution is 2.15. The van der Waals surface area contributed by atoms with Gasteiger partial charge < -0.3 is 10.4 Å². The standard InChI is InChI=1S/C13H23N3O3S/c1-3-14-13-8-7-12(11-15-13)20(18,19)16(2)9-5-4-6-10-17/h7-8,11,17H,3-6,9-10H2,1-2H3,(H,14,15). The summed E-state index contributed by atoms with van der Waals surface area (Å²) in [6, 6.07) is 3.22. The molecule has 1 aromatic rings. The van der Waals surface area contributed by atoms with Crippen molar-refractivity contribution in [3.63, 3.8) is 0 Å². The van der Waals surface area contributed by atoms with Crippen molar-refractivity contribution in [2.24, 2.45) is 0 Å². The van der Waals surface area contributed by atoms with Crippen LogP contribution < -0.4 is 5.32 Å². The van der Waals surface area contributed by atoms with Gasteiger partial charge >= 0.3 is 0 Å². The normalized spacial score (nSPS) is 11.8. The Balaban J connectivity index is 2.66. The Bertz CT molecular complexity index is 488. The van der Waals surface area contributed by atoms with Gasteiger partial charge in [-0.05, 0) is 38.3 Å². The van der Waals surface area contributed by atoms with E-state index in [1.54, 1.807) is 19.2 Å². The number of hydrogen-bond donors (Lipinski definition) is 2. The quantitative estimate of drug-likeness (QED) is 0.672. The minimum atomic E-state index is -3.48. The molecule has 0 saturated heterocycles. The number of aliphatic hydroxyl groups is 1. The highest BCUT2D eigenvalue weighted by atomic mass is 32.2. The minimum Gasteiger partial charge on any atom is -0.396 e. The van der Waals surface area contributed by atoms with E-state index in [4.69, 9.17) is 5.11 Å². The van der Waals surface area contributed by atoms with Crippen molar-refractivity contribution in [2.75, 3.05) is 32.1 Å². The fraction of sp³-hybridized carbons (Fsp3) is 0.615. The topological polar surface area (TPSA) is 82.5 Å². The number of nitrogens with one attached hydrogen (secondary N) is 1. The Kier molecular flexibility index (Phi) is 6.90. The number of anilines is 1. The van der Waals surface area contributed by atoms with Crippen molar-refractivity contribution in [1.29, 1.82) is 0 Å². The molecule has 0 fully saturated rings. The maximum absolute atomic E-state index is 12.3. The second-order valence-electron chi connectivity index (χ2n) is 4.52. The fourth-order valence-corrected chi connectivity index (χ4v) is 2.90. The third-order valence-electron chi connectivity index (χ3n) is 2.93. The van der Waals surface area contributed by atoms with E-state index in [0.29, 0.717) is 18.8 Å². The van der Waals surface area contributed by atoms with Crippen LogP contribution in [0, 0.1) is 0 Å². The number of pyridine rings is 1. The van der Waals surface area contributed by atoms with Crippen LogP contribution in [0.2, 0.25) is 0 Å². The lowest BCUT2D eigenvalue weighted by atomic mass is 10.2. The zero-order valence-electron chi connectivity index (χ0n) is 12.0. The van der Waals surface area contributed by atoms with E-state index in [1.165, 1.54) is 10.5 Å². The van der Waals surface area contributed by atoms with Gasteiger partial charge in [0.2, 0.25) is 10.0 Å². The van der Waals surface area contributed by atoms with E-state index in [9.17, 15) is 8.42 Å². The molecule has 0 unspecified atom stereocenters. The van der Waals surface area contributed by atoms with Crippen LogP contribution in [-0.2, 0) is 10.0 Å². The summed E-state index contributed by atoms with van der Waals surface area (Å²) in [7, 11) is -1.92. The predicted octanol–water partition coefficient (Wildman–Crippen LogP) is 1.30. The zero-order chi connectivity index (χ0) is 15.0. The first-order valence-corrected chi connectivity index (χ1v) is 8.23. The number of rotatable bonds is 9.